The third kappa shape index (κ3) is 2.62. The van der Waals surface area contributed by atoms with Crippen LogP contribution in [0.2, 0.25) is 0 Å². The summed E-state index contributed by atoms with van der Waals surface area (Å²) in [6, 6.07) is 2.27. The van der Waals surface area contributed by atoms with Crippen LogP contribution in [0.15, 0.2) is 6.07 Å². The van der Waals surface area contributed by atoms with Crippen LogP contribution in [0.25, 0.3) is 0 Å². The lowest BCUT2D eigenvalue weighted by atomic mass is 10.1. The first-order valence-electron chi connectivity index (χ1n) is 5.75. The first kappa shape index (κ1) is 11.6. The number of nitrogens with one attached hydrogen (secondary N) is 2. The molecule has 1 amide bonds. The summed E-state index contributed by atoms with van der Waals surface area (Å²) in [4.78, 5) is 14.0. The predicted octanol–water partition coefficient (Wildman–Crippen LogP) is 1.85. The summed E-state index contributed by atoms with van der Waals surface area (Å²) in [5.41, 5.74) is 1.21. The minimum Gasteiger partial charge on any atom is -0.347 e. The first-order valence-corrected chi connectivity index (χ1v) is 6.57. The van der Waals surface area contributed by atoms with E-state index < -0.39 is 0 Å². The zero-order chi connectivity index (χ0) is 11.5. The number of carbonyl (C=O) groups excluding carboxylic acids is 1. The molecule has 3 nitrogen and oxygen atoms in total. The fourth-order valence-electron chi connectivity index (χ4n) is 1.92. The van der Waals surface area contributed by atoms with E-state index in [0.717, 1.165) is 30.8 Å². The molecule has 0 aromatic carbocycles. The van der Waals surface area contributed by atoms with Crippen molar-refractivity contribution in [3.05, 3.63) is 21.4 Å². The molecule has 0 aliphatic carbocycles. The summed E-state index contributed by atoms with van der Waals surface area (Å²) >= 11 is 1.58. The predicted molar refractivity (Wildman–Crippen MR) is 67.2 cm³/mol. The summed E-state index contributed by atoms with van der Waals surface area (Å²) in [5, 5.41) is 6.38. The van der Waals surface area contributed by atoms with Gasteiger partial charge >= 0.3 is 0 Å². The minimum atomic E-state index is 0.0786. The Labute approximate surface area is 100 Å². The molecule has 2 N–H and O–H groups in total. The largest absolute Gasteiger partial charge is 0.347 e. The fraction of sp³-hybridized carbons (Fsp3) is 0.583. The topological polar surface area (TPSA) is 41.1 Å². The van der Waals surface area contributed by atoms with Crippen molar-refractivity contribution in [1.82, 2.24) is 10.6 Å². The minimum absolute atomic E-state index is 0.0786. The van der Waals surface area contributed by atoms with E-state index >= 15 is 0 Å². The van der Waals surface area contributed by atoms with Crippen LogP contribution in [0.4, 0.5) is 0 Å². The van der Waals surface area contributed by atoms with Gasteiger partial charge in [0.25, 0.3) is 5.91 Å². The van der Waals surface area contributed by atoms with Crippen LogP contribution in [0, 0.1) is 13.8 Å². The van der Waals surface area contributed by atoms with Gasteiger partial charge in [0.1, 0.15) is 0 Å². The molecule has 0 spiro atoms. The number of amides is 1. The number of thiophene rings is 1. The fourth-order valence-corrected chi connectivity index (χ4v) is 2.85. The third-order valence-electron chi connectivity index (χ3n) is 3.02. The van der Waals surface area contributed by atoms with Gasteiger partial charge in [-0.3, -0.25) is 4.79 Å². The van der Waals surface area contributed by atoms with E-state index in [-0.39, 0.29) is 5.91 Å². The standard InChI is InChI=1S/C12H18N2OS/c1-8-6-11(16-9(8)2)12(15)14-10-4-3-5-13-7-10/h6,10,13H,3-5,7H2,1-2H3,(H,14,15). The number of carbonyl (C=O) groups is 1. The van der Waals surface area contributed by atoms with Gasteiger partial charge in [0.15, 0.2) is 0 Å². The number of hydrogen-bond donors (Lipinski definition) is 2. The molecule has 1 unspecified atom stereocenters. The lowest BCUT2D eigenvalue weighted by Crippen LogP contribution is -2.45. The van der Waals surface area contributed by atoms with Gasteiger partial charge < -0.3 is 10.6 Å². The molecule has 1 aliphatic rings. The van der Waals surface area contributed by atoms with Gasteiger partial charge in [-0.2, -0.15) is 0 Å². The van der Waals surface area contributed by atoms with E-state index in [1.165, 1.54) is 10.4 Å². The van der Waals surface area contributed by atoms with Crippen molar-refractivity contribution in [1.29, 1.82) is 0 Å². The summed E-state index contributed by atoms with van der Waals surface area (Å²) in [6.45, 7) is 6.07. The molecule has 1 saturated heterocycles. The molecule has 4 heteroatoms. The second kappa shape index (κ2) is 4.97. The van der Waals surface area contributed by atoms with Crippen LogP contribution in [-0.4, -0.2) is 25.0 Å². The molecule has 1 fully saturated rings. The molecule has 1 aliphatic heterocycles. The van der Waals surface area contributed by atoms with E-state index in [2.05, 4.69) is 17.6 Å². The Balaban J connectivity index is 1.96. The average Bonchev–Trinajstić information content (AvgIpc) is 2.61. The van der Waals surface area contributed by atoms with E-state index in [1.54, 1.807) is 11.3 Å². The monoisotopic (exact) mass is 238 g/mol. The van der Waals surface area contributed by atoms with E-state index in [9.17, 15) is 4.79 Å². The Morgan fingerprint density at radius 1 is 1.56 bits per heavy atom. The van der Waals surface area contributed by atoms with Crippen LogP contribution in [-0.2, 0) is 0 Å². The molecule has 0 radical (unpaired) electrons. The zero-order valence-electron chi connectivity index (χ0n) is 9.80. The van der Waals surface area contributed by atoms with Crippen molar-refractivity contribution in [2.24, 2.45) is 0 Å². The highest BCUT2D eigenvalue weighted by Gasteiger charge is 2.17. The van der Waals surface area contributed by atoms with Crippen LogP contribution in [0.1, 0.15) is 33.0 Å². The summed E-state index contributed by atoms with van der Waals surface area (Å²) in [7, 11) is 0. The molecule has 2 rings (SSSR count). The summed E-state index contributed by atoms with van der Waals surface area (Å²) in [5.74, 6) is 0.0786. The molecule has 1 atom stereocenters. The van der Waals surface area contributed by atoms with Gasteiger partial charge in [-0.1, -0.05) is 0 Å². The lowest BCUT2D eigenvalue weighted by Gasteiger charge is -2.23. The third-order valence-corrected chi connectivity index (χ3v) is 4.17. The van der Waals surface area contributed by atoms with Gasteiger partial charge in [-0.25, -0.2) is 0 Å². The van der Waals surface area contributed by atoms with E-state index in [0.29, 0.717) is 6.04 Å². The highest BCUT2D eigenvalue weighted by atomic mass is 32.1. The maximum absolute atomic E-state index is 11.9. The smallest absolute Gasteiger partial charge is 0.261 e. The van der Waals surface area contributed by atoms with Crippen molar-refractivity contribution >= 4 is 17.2 Å². The molecule has 1 aromatic rings. The maximum Gasteiger partial charge on any atom is 0.261 e. The SMILES string of the molecule is Cc1cc(C(=O)NC2CCCNC2)sc1C. The molecular formula is C12H18N2OS. The quantitative estimate of drug-likeness (QED) is 0.825. The Morgan fingerprint density at radius 2 is 2.38 bits per heavy atom. The summed E-state index contributed by atoms with van der Waals surface area (Å²) < 4.78 is 0. The van der Waals surface area contributed by atoms with Gasteiger partial charge in [0, 0.05) is 17.5 Å². The van der Waals surface area contributed by atoms with Crippen LogP contribution < -0.4 is 10.6 Å². The van der Waals surface area contributed by atoms with Gasteiger partial charge in [0.05, 0.1) is 4.88 Å². The highest BCUT2D eigenvalue weighted by Crippen LogP contribution is 2.20. The highest BCUT2D eigenvalue weighted by molar-refractivity contribution is 7.14. The molecule has 2 heterocycles. The van der Waals surface area contributed by atoms with Crippen molar-refractivity contribution < 1.29 is 4.79 Å². The second-order valence-electron chi connectivity index (χ2n) is 4.37. The molecular weight excluding hydrogens is 220 g/mol. The number of aryl methyl sites for hydroxylation is 2. The average molecular weight is 238 g/mol. The van der Waals surface area contributed by atoms with Crippen molar-refractivity contribution in [3.63, 3.8) is 0 Å². The van der Waals surface area contributed by atoms with Gasteiger partial charge in [-0.05, 0) is 44.9 Å². The van der Waals surface area contributed by atoms with Crippen LogP contribution >= 0.6 is 11.3 Å². The maximum atomic E-state index is 11.9. The number of hydrogen-bond acceptors (Lipinski definition) is 3. The van der Waals surface area contributed by atoms with Gasteiger partial charge in [0.2, 0.25) is 0 Å². The molecule has 1 aromatic heterocycles. The second-order valence-corrected chi connectivity index (χ2v) is 5.62. The first-order chi connectivity index (χ1) is 7.66. The van der Waals surface area contributed by atoms with Gasteiger partial charge in [-0.15, -0.1) is 11.3 Å². The van der Waals surface area contributed by atoms with E-state index in [1.807, 2.05) is 13.0 Å². The lowest BCUT2D eigenvalue weighted by molar-refractivity contribution is 0.0935. The Bertz CT molecular complexity index is 361. The van der Waals surface area contributed by atoms with Crippen LogP contribution in [0.5, 0.6) is 0 Å². The zero-order valence-corrected chi connectivity index (χ0v) is 10.6. The Hall–Kier alpha value is -0.870. The van der Waals surface area contributed by atoms with Crippen LogP contribution in [0.3, 0.4) is 0 Å². The van der Waals surface area contributed by atoms with Crippen molar-refractivity contribution in [3.8, 4) is 0 Å². The molecule has 16 heavy (non-hydrogen) atoms. The normalized spacial score (nSPS) is 20.8. The Kier molecular flexibility index (Phi) is 3.61. The van der Waals surface area contributed by atoms with Crippen molar-refractivity contribution in [2.45, 2.75) is 32.7 Å². The molecule has 0 bridgehead atoms. The summed E-state index contributed by atoms with van der Waals surface area (Å²) in [6.07, 6.45) is 2.23. The van der Waals surface area contributed by atoms with Crippen molar-refractivity contribution in [2.75, 3.05) is 13.1 Å². The Morgan fingerprint density at radius 3 is 2.94 bits per heavy atom. The van der Waals surface area contributed by atoms with E-state index in [4.69, 9.17) is 0 Å². The molecule has 0 saturated carbocycles. The number of piperidine rings is 1. The molecule has 88 valence electrons. The number of rotatable bonds is 2.